The van der Waals surface area contributed by atoms with E-state index in [2.05, 4.69) is 38.9 Å². The van der Waals surface area contributed by atoms with Gasteiger partial charge in [-0.1, -0.05) is 25.9 Å². The summed E-state index contributed by atoms with van der Waals surface area (Å²) in [4.78, 5) is 15.3. The van der Waals surface area contributed by atoms with Gasteiger partial charge in [0.1, 0.15) is 11.9 Å². The number of ether oxygens (including phenoxy) is 2. The minimum absolute atomic E-state index is 0.0258. The molecule has 3 rings (SSSR count). The van der Waals surface area contributed by atoms with E-state index in [1.54, 1.807) is 19.5 Å². The lowest BCUT2D eigenvalue weighted by molar-refractivity contribution is 0.0339. The van der Waals surface area contributed by atoms with Crippen molar-refractivity contribution in [2.24, 2.45) is 5.92 Å². The van der Waals surface area contributed by atoms with Gasteiger partial charge < -0.3 is 18.9 Å². The molecule has 1 unspecified atom stereocenters. The van der Waals surface area contributed by atoms with E-state index in [0.717, 1.165) is 44.0 Å². The average Bonchev–Trinajstić information content (AvgIpc) is 3.19. The second kappa shape index (κ2) is 9.12. The molecule has 0 amide bonds. The smallest absolute Gasteiger partial charge is 0.324 e. The average molecular weight is 375 g/mol. The summed E-state index contributed by atoms with van der Waals surface area (Å²) in [6.07, 6.45) is 6.23. The molecule has 1 saturated heterocycles. The van der Waals surface area contributed by atoms with Gasteiger partial charge in [0.05, 0.1) is 19.0 Å². The van der Waals surface area contributed by atoms with Crippen LogP contribution < -0.4 is 9.64 Å². The maximum absolute atomic E-state index is 6.15. The Hall–Kier alpha value is -2.22. The molecule has 0 N–H and O–H groups in total. The van der Waals surface area contributed by atoms with Gasteiger partial charge in [0.15, 0.2) is 11.6 Å². The fraction of sp³-hybridized carbons (Fsp3) is 0.684. The molecule has 0 aliphatic carbocycles. The molecule has 27 heavy (non-hydrogen) atoms. The van der Waals surface area contributed by atoms with Gasteiger partial charge in [0.25, 0.3) is 0 Å². The second-order valence-corrected chi connectivity index (χ2v) is 7.21. The van der Waals surface area contributed by atoms with Crippen molar-refractivity contribution in [3.05, 3.63) is 24.0 Å². The maximum atomic E-state index is 6.15. The van der Waals surface area contributed by atoms with Crippen LogP contribution in [0.4, 0.5) is 6.01 Å². The van der Waals surface area contributed by atoms with Gasteiger partial charge in [0.2, 0.25) is 0 Å². The highest BCUT2D eigenvalue weighted by Gasteiger charge is 2.30. The van der Waals surface area contributed by atoms with Crippen molar-refractivity contribution < 1.29 is 14.0 Å². The number of methoxy groups -OCH3 is 1. The van der Waals surface area contributed by atoms with Gasteiger partial charge in [0, 0.05) is 38.5 Å². The Morgan fingerprint density at radius 3 is 2.48 bits per heavy atom. The molecule has 8 nitrogen and oxygen atoms in total. The van der Waals surface area contributed by atoms with Gasteiger partial charge in [-0.2, -0.15) is 4.98 Å². The largest absolute Gasteiger partial charge is 0.484 e. The molecule has 1 atom stereocenters. The lowest BCUT2D eigenvalue weighted by Crippen LogP contribution is -2.41. The third kappa shape index (κ3) is 4.94. The number of anilines is 1. The maximum Gasteiger partial charge on any atom is 0.324 e. The number of aryl methyl sites for hydroxylation is 1. The molecule has 2 aromatic heterocycles. The number of hydrogen-bond acceptors (Lipinski definition) is 8. The minimum Gasteiger partial charge on any atom is -0.484 e. The van der Waals surface area contributed by atoms with Gasteiger partial charge in [-0.15, -0.1) is 0 Å². The summed E-state index contributed by atoms with van der Waals surface area (Å²) < 4.78 is 17.0. The van der Waals surface area contributed by atoms with Crippen LogP contribution in [0.15, 0.2) is 16.9 Å². The third-order valence-electron chi connectivity index (χ3n) is 4.90. The zero-order valence-corrected chi connectivity index (χ0v) is 16.6. The van der Waals surface area contributed by atoms with Crippen molar-refractivity contribution >= 4 is 6.01 Å². The predicted octanol–water partition coefficient (Wildman–Crippen LogP) is 2.86. The van der Waals surface area contributed by atoms with Crippen LogP contribution in [0.1, 0.15) is 51.2 Å². The number of aromatic nitrogens is 4. The molecular formula is C19H29N5O3. The van der Waals surface area contributed by atoms with E-state index in [1.165, 1.54) is 0 Å². The monoisotopic (exact) mass is 375 g/mol. The van der Waals surface area contributed by atoms with Crippen LogP contribution in [0.5, 0.6) is 5.75 Å². The number of piperidine rings is 1. The number of hydrogen-bond donors (Lipinski definition) is 0. The fourth-order valence-electron chi connectivity index (χ4n) is 3.24. The summed E-state index contributed by atoms with van der Waals surface area (Å²) in [5.41, 5.74) is 0. The van der Waals surface area contributed by atoms with E-state index >= 15 is 0 Å². The SMILES string of the molecule is CCc1ncc(OC(COC)C2CCN(c3nc(C(C)C)no3)CC2)cn1. The Morgan fingerprint density at radius 2 is 1.93 bits per heavy atom. The molecule has 0 saturated carbocycles. The number of nitrogens with zero attached hydrogens (tertiary/aromatic N) is 5. The Morgan fingerprint density at radius 1 is 1.22 bits per heavy atom. The Balaban J connectivity index is 1.58. The highest BCUT2D eigenvalue weighted by Crippen LogP contribution is 2.27. The molecule has 0 aromatic carbocycles. The number of rotatable bonds is 8. The van der Waals surface area contributed by atoms with Crippen LogP contribution >= 0.6 is 0 Å². The van der Waals surface area contributed by atoms with Crippen LogP contribution in [-0.4, -0.2) is 53.0 Å². The van der Waals surface area contributed by atoms with Gasteiger partial charge in [-0.25, -0.2) is 9.97 Å². The van der Waals surface area contributed by atoms with Crippen LogP contribution in [0.25, 0.3) is 0 Å². The van der Waals surface area contributed by atoms with E-state index in [-0.39, 0.29) is 12.0 Å². The summed E-state index contributed by atoms with van der Waals surface area (Å²) in [5.74, 6) is 2.91. The van der Waals surface area contributed by atoms with Crippen LogP contribution in [0.3, 0.4) is 0 Å². The van der Waals surface area contributed by atoms with E-state index in [1.807, 2.05) is 6.92 Å². The first kappa shape index (κ1) is 19.5. The fourth-order valence-corrected chi connectivity index (χ4v) is 3.24. The van der Waals surface area contributed by atoms with Gasteiger partial charge in [-0.05, 0) is 12.8 Å². The first-order valence-corrected chi connectivity index (χ1v) is 9.65. The van der Waals surface area contributed by atoms with Crippen molar-refractivity contribution in [2.45, 2.75) is 52.1 Å². The minimum atomic E-state index is -0.0258. The Bertz CT molecular complexity index is 696. The second-order valence-electron chi connectivity index (χ2n) is 7.21. The quantitative estimate of drug-likeness (QED) is 0.696. The lowest BCUT2D eigenvalue weighted by atomic mass is 9.91. The van der Waals surface area contributed by atoms with Crippen LogP contribution in [-0.2, 0) is 11.2 Å². The molecule has 0 radical (unpaired) electrons. The Labute approximate surface area is 160 Å². The first-order chi connectivity index (χ1) is 13.1. The summed E-state index contributed by atoms with van der Waals surface area (Å²) in [6, 6.07) is 0.616. The molecule has 8 heteroatoms. The molecule has 148 valence electrons. The molecule has 1 fully saturated rings. The summed E-state index contributed by atoms with van der Waals surface area (Å²) in [7, 11) is 1.70. The van der Waals surface area contributed by atoms with Gasteiger partial charge in [-0.3, -0.25) is 0 Å². The zero-order chi connectivity index (χ0) is 19.2. The summed E-state index contributed by atoms with van der Waals surface area (Å²) in [6.45, 7) is 8.41. The van der Waals surface area contributed by atoms with E-state index in [0.29, 0.717) is 24.3 Å². The highest BCUT2D eigenvalue weighted by atomic mass is 16.5. The van der Waals surface area contributed by atoms with Crippen molar-refractivity contribution in [1.29, 1.82) is 0 Å². The Kier molecular flexibility index (Phi) is 6.60. The molecule has 1 aliphatic heterocycles. The molecule has 0 bridgehead atoms. The van der Waals surface area contributed by atoms with Crippen LogP contribution in [0.2, 0.25) is 0 Å². The van der Waals surface area contributed by atoms with Crippen molar-refractivity contribution in [1.82, 2.24) is 20.1 Å². The molecule has 2 aromatic rings. The van der Waals surface area contributed by atoms with E-state index in [9.17, 15) is 0 Å². The van der Waals surface area contributed by atoms with Crippen molar-refractivity contribution in [3.63, 3.8) is 0 Å². The normalized spacial score (nSPS) is 16.7. The molecule has 1 aliphatic rings. The first-order valence-electron chi connectivity index (χ1n) is 9.65. The van der Waals surface area contributed by atoms with Crippen molar-refractivity contribution in [3.8, 4) is 5.75 Å². The lowest BCUT2D eigenvalue weighted by Gasteiger charge is -2.34. The molecule has 0 spiro atoms. The third-order valence-corrected chi connectivity index (χ3v) is 4.90. The summed E-state index contributed by atoms with van der Waals surface area (Å²) in [5, 5.41) is 4.06. The zero-order valence-electron chi connectivity index (χ0n) is 16.6. The standard InChI is InChI=1S/C19H29N5O3/c1-5-17-20-10-15(11-21-17)26-16(12-25-4)14-6-8-24(9-7-14)19-22-18(13(2)3)23-27-19/h10-11,13-14,16H,5-9,12H2,1-4H3. The van der Waals surface area contributed by atoms with E-state index < -0.39 is 0 Å². The summed E-state index contributed by atoms with van der Waals surface area (Å²) >= 11 is 0. The van der Waals surface area contributed by atoms with Crippen LogP contribution in [0, 0.1) is 5.92 Å². The van der Waals surface area contributed by atoms with E-state index in [4.69, 9.17) is 14.0 Å². The topological polar surface area (TPSA) is 86.4 Å². The molecular weight excluding hydrogens is 346 g/mol. The van der Waals surface area contributed by atoms with Gasteiger partial charge >= 0.3 is 6.01 Å². The highest BCUT2D eigenvalue weighted by molar-refractivity contribution is 5.26. The van der Waals surface area contributed by atoms with Crippen molar-refractivity contribution in [2.75, 3.05) is 31.7 Å². The molecule has 3 heterocycles. The predicted molar refractivity (Wildman–Crippen MR) is 101 cm³/mol.